The molecule has 0 saturated carbocycles. The van der Waals surface area contributed by atoms with E-state index in [1.807, 2.05) is 30.3 Å². The molecule has 0 fully saturated rings. The van der Waals surface area contributed by atoms with Crippen molar-refractivity contribution in [1.29, 1.82) is 0 Å². The molecule has 0 bridgehead atoms. The second-order valence-electron chi connectivity index (χ2n) is 2.15. The van der Waals surface area contributed by atoms with E-state index in [0.717, 1.165) is 5.56 Å². The van der Waals surface area contributed by atoms with Gasteiger partial charge in [0, 0.05) is 0 Å². The van der Waals surface area contributed by atoms with Crippen molar-refractivity contribution in [2.45, 2.75) is 0 Å². The van der Waals surface area contributed by atoms with Gasteiger partial charge < -0.3 is 0 Å². The molecule has 65 valence electrons. The number of benzene rings is 1. The van der Waals surface area contributed by atoms with Gasteiger partial charge in [-0.05, 0) is 0 Å². The summed E-state index contributed by atoms with van der Waals surface area (Å²) in [6, 6.07) is 9.35. The zero-order chi connectivity index (χ0) is 8.97. The summed E-state index contributed by atoms with van der Waals surface area (Å²) in [5.41, 5.74) is 0.858. The fraction of sp³-hybridized carbons (Fsp3) is 0.111. The molecule has 1 rings (SSSR count). The van der Waals surface area contributed by atoms with Gasteiger partial charge in [0.1, 0.15) is 0 Å². The van der Waals surface area contributed by atoms with Crippen LogP contribution in [0.15, 0.2) is 30.3 Å². The Morgan fingerprint density at radius 2 is 1.92 bits per heavy atom. The van der Waals surface area contributed by atoms with E-state index >= 15 is 0 Å². The van der Waals surface area contributed by atoms with Gasteiger partial charge in [0.05, 0.1) is 0 Å². The van der Waals surface area contributed by atoms with E-state index < -0.39 is 0 Å². The summed E-state index contributed by atoms with van der Waals surface area (Å²) in [4.78, 5) is 11.0. The Kier molecular flexibility index (Phi) is 3.30. The van der Waals surface area contributed by atoms with Crippen molar-refractivity contribution in [3.63, 3.8) is 0 Å². The molecule has 0 saturated heterocycles. The number of carbonyl (C=O) groups is 1. The van der Waals surface area contributed by atoms with Gasteiger partial charge in [0.2, 0.25) is 0 Å². The van der Waals surface area contributed by atoms with Crippen molar-refractivity contribution in [3.05, 3.63) is 35.9 Å². The van der Waals surface area contributed by atoms with Crippen LogP contribution in [0.1, 0.15) is 5.56 Å². The van der Waals surface area contributed by atoms with Crippen LogP contribution < -0.4 is 0 Å². The molecule has 3 heteroatoms. The SMILES string of the molecule is COC(=O)[C](=[Rh])c1ccccc1. The van der Waals surface area contributed by atoms with E-state index in [1.165, 1.54) is 7.11 Å². The summed E-state index contributed by atoms with van der Waals surface area (Å²) < 4.78 is 5.09. The van der Waals surface area contributed by atoms with E-state index in [2.05, 4.69) is 22.6 Å². The van der Waals surface area contributed by atoms with Crippen LogP contribution in [0.3, 0.4) is 0 Å². The fourth-order valence-corrected chi connectivity index (χ4v) is 1.22. The number of methoxy groups -OCH3 is 1. The average molecular weight is 251 g/mol. The fourth-order valence-electron chi connectivity index (χ4n) is 0.780. The molecule has 0 spiro atoms. The van der Waals surface area contributed by atoms with Crippen LogP contribution in [-0.2, 0) is 27.4 Å². The Balaban J connectivity index is 2.86. The molecule has 0 N–H and O–H groups in total. The molecular weight excluding hydrogens is 243 g/mol. The van der Waals surface area contributed by atoms with Crippen molar-refractivity contribution >= 4 is 10.1 Å². The molecule has 0 aliphatic rings. The first-order valence-electron chi connectivity index (χ1n) is 3.39. The van der Waals surface area contributed by atoms with E-state index in [-0.39, 0.29) is 5.97 Å². The molecule has 0 aliphatic carbocycles. The van der Waals surface area contributed by atoms with Crippen LogP contribution in [-0.4, -0.2) is 17.2 Å². The average Bonchev–Trinajstić information content (AvgIpc) is 2.17. The van der Waals surface area contributed by atoms with Crippen molar-refractivity contribution in [2.24, 2.45) is 0 Å². The zero-order valence-corrected chi connectivity index (χ0v) is 8.18. The number of esters is 1. The Bertz CT molecular complexity index is 293. The van der Waals surface area contributed by atoms with Crippen LogP contribution >= 0.6 is 0 Å². The number of rotatable bonds is 2. The topological polar surface area (TPSA) is 26.3 Å². The monoisotopic (exact) mass is 251 g/mol. The molecule has 0 radical (unpaired) electrons. The Labute approximate surface area is 80.7 Å². The molecule has 1 aromatic carbocycles. The summed E-state index contributed by atoms with van der Waals surface area (Å²) in [5, 5.41) is 0. The molecule has 0 unspecified atom stereocenters. The van der Waals surface area contributed by atoms with Crippen molar-refractivity contribution in [2.75, 3.05) is 7.11 Å². The van der Waals surface area contributed by atoms with Crippen LogP contribution in [0.5, 0.6) is 0 Å². The summed E-state index contributed by atoms with van der Waals surface area (Å²) in [6.07, 6.45) is 0. The van der Waals surface area contributed by atoms with Crippen LogP contribution in [0.25, 0.3) is 0 Å². The van der Waals surface area contributed by atoms with Gasteiger partial charge in [-0.25, -0.2) is 0 Å². The molecular formula is C9H8O2Rh. The van der Waals surface area contributed by atoms with Crippen LogP contribution in [0.2, 0.25) is 0 Å². The molecule has 2 nitrogen and oxygen atoms in total. The number of hydrogen-bond acceptors (Lipinski definition) is 2. The normalized spacial score (nSPS) is 9.17. The Morgan fingerprint density at radius 1 is 1.33 bits per heavy atom. The number of carbonyl (C=O) groups excluding carboxylic acids is 1. The predicted molar refractivity (Wildman–Crippen MR) is 42.6 cm³/mol. The molecule has 12 heavy (non-hydrogen) atoms. The summed E-state index contributed by atoms with van der Waals surface area (Å²) in [6.45, 7) is 0. The second kappa shape index (κ2) is 4.27. The van der Waals surface area contributed by atoms with Gasteiger partial charge in [-0.3, -0.25) is 0 Å². The summed E-state index contributed by atoms with van der Waals surface area (Å²) in [5.74, 6) is -0.326. The maximum atomic E-state index is 11.0. The Morgan fingerprint density at radius 3 is 2.42 bits per heavy atom. The van der Waals surface area contributed by atoms with Crippen molar-refractivity contribution in [3.8, 4) is 0 Å². The first kappa shape index (κ1) is 9.27. The van der Waals surface area contributed by atoms with Crippen molar-refractivity contribution < 1.29 is 27.4 Å². The van der Waals surface area contributed by atoms with Gasteiger partial charge in [0.15, 0.2) is 0 Å². The van der Waals surface area contributed by atoms with Gasteiger partial charge in [-0.2, -0.15) is 0 Å². The Hall–Kier alpha value is -0.817. The molecule has 1 aromatic rings. The third-order valence-electron chi connectivity index (χ3n) is 1.37. The maximum absolute atomic E-state index is 11.0. The molecule has 0 amide bonds. The van der Waals surface area contributed by atoms with E-state index in [4.69, 9.17) is 0 Å². The third-order valence-corrected chi connectivity index (χ3v) is 2.18. The van der Waals surface area contributed by atoms with Gasteiger partial charge >= 0.3 is 80.5 Å². The predicted octanol–water partition coefficient (Wildman–Crippen LogP) is 0.927. The molecule has 0 aliphatic heterocycles. The summed E-state index contributed by atoms with van der Waals surface area (Å²) in [7, 11) is 1.37. The van der Waals surface area contributed by atoms with Crippen molar-refractivity contribution in [1.82, 2.24) is 0 Å². The molecule has 0 atom stereocenters. The minimum absolute atomic E-state index is 0.326. The van der Waals surface area contributed by atoms with Crippen LogP contribution in [0.4, 0.5) is 0 Å². The second-order valence-corrected chi connectivity index (χ2v) is 2.97. The summed E-state index contributed by atoms with van der Waals surface area (Å²) >= 11 is 2.57. The quantitative estimate of drug-likeness (QED) is 0.577. The van der Waals surface area contributed by atoms with Gasteiger partial charge in [-0.15, -0.1) is 0 Å². The van der Waals surface area contributed by atoms with E-state index in [9.17, 15) is 4.79 Å². The third kappa shape index (κ3) is 2.08. The first-order chi connectivity index (χ1) is 5.75. The zero-order valence-electron chi connectivity index (χ0n) is 6.54. The number of hydrogen-bond donors (Lipinski definition) is 0. The number of ether oxygens (including phenoxy) is 1. The standard InChI is InChI=1S/C9H8O2.Rh/c1-11-9(10)7-8-5-3-2-4-6-8;/h2-6H,1H3;. The van der Waals surface area contributed by atoms with Gasteiger partial charge in [-0.1, -0.05) is 0 Å². The minimum atomic E-state index is -0.326. The first-order valence-corrected chi connectivity index (χ1v) is 4.21. The van der Waals surface area contributed by atoms with Crippen LogP contribution in [0, 0.1) is 0 Å². The van der Waals surface area contributed by atoms with E-state index in [1.54, 1.807) is 0 Å². The van der Waals surface area contributed by atoms with Gasteiger partial charge in [0.25, 0.3) is 0 Å². The molecule has 0 heterocycles. The van der Waals surface area contributed by atoms with E-state index in [0.29, 0.717) is 4.11 Å². The molecule has 0 aromatic heterocycles.